The molecule has 5 nitrogen and oxygen atoms in total. The molecule has 1 aliphatic heterocycles. The Morgan fingerprint density at radius 3 is 2.81 bits per heavy atom. The summed E-state index contributed by atoms with van der Waals surface area (Å²) in [5.41, 5.74) is 0.561. The molecular weight excluding hydrogens is 332 g/mol. The van der Waals surface area contributed by atoms with E-state index < -0.39 is 5.60 Å². The highest BCUT2D eigenvalue weighted by Gasteiger charge is 2.51. The predicted molar refractivity (Wildman–Crippen MR) is 98.2 cm³/mol. The molecule has 1 saturated heterocycles. The Morgan fingerprint density at radius 1 is 1.35 bits per heavy atom. The van der Waals surface area contributed by atoms with Gasteiger partial charge in [-0.3, -0.25) is 4.79 Å². The minimum atomic E-state index is -0.561. The number of ether oxygens (including phenoxy) is 4. The zero-order valence-corrected chi connectivity index (χ0v) is 15.6. The largest absolute Gasteiger partial charge is 0.493 e. The lowest BCUT2D eigenvalue weighted by Gasteiger charge is -2.38. The van der Waals surface area contributed by atoms with Crippen molar-refractivity contribution in [1.29, 1.82) is 0 Å². The predicted octanol–water partition coefficient (Wildman–Crippen LogP) is 3.67. The number of rotatable bonds is 7. The summed E-state index contributed by atoms with van der Waals surface area (Å²) in [5.74, 6) is 2.20. The van der Waals surface area contributed by atoms with Crippen LogP contribution in [-0.4, -0.2) is 32.4 Å². The van der Waals surface area contributed by atoms with E-state index in [2.05, 4.69) is 13.5 Å². The molecule has 0 amide bonds. The Labute approximate surface area is 154 Å². The fraction of sp³-hybridized carbons (Fsp3) is 0.476. The molecule has 0 spiro atoms. The molecular formula is C21H26O5. The van der Waals surface area contributed by atoms with E-state index in [-0.39, 0.29) is 24.4 Å². The molecule has 2 aliphatic rings. The highest BCUT2D eigenvalue weighted by Crippen LogP contribution is 2.46. The van der Waals surface area contributed by atoms with Gasteiger partial charge in [0.1, 0.15) is 11.4 Å². The lowest BCUT2D eigenvalue weighted by Crippen LogP contribution is -2.44. The highest BCUT2D eigenvalue weighted by atomic mass is 16.7. The normalized spacial score (nSPS) is 25.7. The molecule has 1 heterocycles. The molecule has 3 atom stereocenters. The summed E-state index contributed by atoms with van der Waals surface area (Å²) in [6.45, 7) is 6.10. The van der Waals surface area contributed by atoms with E-state index in [1.54, 1.807) is 26.4 Å². The fourth-order valence-electron chi connectivity index (χ4n) is 3.94. The van der Waals surface area contributed by atoms with Crippen molar-refractivity contribution < 1.29 is 23.7 Å². The molecule has 140 valence electrons. The molecule has 0 radical (unpaired) electrons. The quantitative estimate of drug-likeness (QED) is 0.696. The highest BCUT2D eigenvalue weighted by molar-refractivity contribution is 5.93. The van der Waals surface area contributed by atoms with Gasteiger partial charge in [0.15, 0.2) is 24.1 Å². The number of carbonyl (C=O) groups excluding carboxylic acids is 1. The summed E-state index contributed by atoms with van der Waals surface area (Å²) in [7, 11) is 3.25. The molecule has 0 unspecified atom stereocenters. The monoisotopic (exact) mass is 358 g/mol. The first kappa shape index (κ1) is 18.5. The smallest absolute Gasteiger partial charge is 0.189 e. The lowest BCUT2D eigenvalue weighted by atomic mass is 9.71. The summed E-state index contributed by atoms with van der Waals surface area (Å²) >= 11 is 0. The lowest BCUT2D eigenvalue weighted by molar-refractivity contribution is -0.123. The van der Waals surface area contributed by atoms with E-state index in [0.717, 1.165) is 12.0 Å². The zero-order valence-electron chi connectivity index (χ0n) is 15.6. The van der Waals surface area contributed by atoms with Crippen molar-refractivity contribution in [2.45, 2.75) is 31.8 Å². The van der Waals surface area contributed by atoms with Crippen LogP contribution in [0.3, 0.4) is 0 Å². The third-order valence-electron chi connectivity index (χ3n) is 5.41. The third kappa shape index (κ3) is 3.23. The van der Waals surface area contributed by atoms with Crippen LogP contribution < -0.4 is 9.47 Å². The minimum Gasteiger partial charge on any atom is -0.493 e. The third-order valence-corrected chi connectivity index (χ3v) is 5.41. The number of fused-ring (bicyclic) bond motifs is 1. The number of allylic oxidation sites excluding steroid dienone is 2. The van der Waals surface area contributed by atoms with Gasteiger partial charge in [-0.05, 0) is 42.9 Å². The molecule has 0 saturated carbocycles. The van der Waals surface area contributed by atoms with Crippen LogP contribution in [0, 0.1) is 11.8 Å². The number of hydrogen-bond acceptors (Lipinski definition) is 5. The van der Waals surface area contributed by atoms with Crippen LogP contribution in [0.25, 0.3) is 0 Å². The summed E-state index contributed by atoms with van der Waals surface area (Å²) in [4.78, 5) is 12.3. The molecule has 1 aromatic rings. The van der Waals surface area contributed by atoms with Crippen LogP contribution >= 0.6 is 0 Å². The fourth-order valence-corrected chi connectivity index (χ4v) is 3.94. The van der Waals surface area contributed by atoms with Gasteiger partial charge < -0.3 is 18.9 Å². The minimum absolute atomic E-state index is 0.0966. The van der Waals surface area contributed by atoms with Crippen LogP contribution in [0.1, 0.15) is 25.3 Å². The molecule has 26 heavy (non-hydrogen) atoms. The van der Waals surface area contributed by atoms with Gasteiger partial charge >= 0.3 is 0 Å². The topological polar surface area (TPSA) is 54.0 Å². The second kappa shape index (κ2) is 7.54. The molecule has 3 rings (SSSR count). The van der Waals surface area contributed by atoms with Crippen LogP contribution in [0.4, 0.5) is 0 Å². The second-order valence-corrected chi connectivity index (χ2v) is 6.93. The van der Waals surface area contributed by atoms with Crippen molar-refractivity contribution in [3.8, 4) is 11.5 Å². The van der Waals surface area contributed by atoms with Gasteiger partial charge in [-0.25, -0.2) is 0 Å². The maximum absolute atomic E-state index is 12.3. The molecule has 0 N–H and O–H groups in total. The van der Waals surface area contributed by atoms with Gasteiger partial charge in [-0.1, -0.05) is 19.1 Å². The Kier molecular flexibility index (Phi) is 5.37. The zero-order chi connectivity index (χ0) is 18.7. The Bertz CT molecular complexity index is 723. The van der Waals surface area contributed by atoms with Gasteiger partial charge in [-0.2, -0.15) is 0 Å². The van der Waals surface area contributed by atoms with Crippen LogP contribution in [0.2, 0.25) is 0 Å². The van der Waals surface area contributed by atoms with E-state index in [0.29, 0.717) is 30.1 Å². The average molecular weight is 358 g/mol. The number of ketones is 1. The van der Waals surface area contributed by atoms with Crippen molar-refractivity contribution >= 4 is 5.78 Å². The Hall–Kier alpha value is -2.27. The Morgan fingerprint density at radius 2 is 2.12 bits per heavy atom. The first-order valence-corrected chi connectivity index (χ1v) is 8.88. The first-order valence-electron chi connectivity index (χ1n) is 8.88. The van der Waals surface area contributed by atoms with Gasteiger partial charge in [0, 0.05) is 12.0 Å². The number of methoxy groups -OCH3 is 2. The van der Waals surface area contributed by atoms with Gasteiger partial charge in [0.2, 0.25) is 0 Å². The van der Waals surface area contributed by atoms with Crippen LogP contribution in [0.15, 0.2) is 42.7 Å². The summed E-state index contributed by atoms with van der Waals surface area (Å²) in [6.07, 6.45) is 5.46. The van der Waals surface area contributed by atoms with E-state index in [1.165, 1.54) is 0 Å². The SMILES string of the molecule is C=CC[C@H]1C[C@]2([C@H](C)Cc3ccc(OC)c(OC)c3)OCOC2=CC1=O. The number of carbonyl (C=O) groups is 1. The molecule has 5 heteroatoms. The Balaban J connectivity index is 1.86. The second-order valence-electron chi connectivity index (χ2n) is 6.93. The van der Waals surface area contributed by atoms with E-state index in [4.69, 9.17) is 18.9 Å². The van der Waals surface area contributed by atoms with E-state index in [1.807, 2.05) is 18.2 Å². The van der Waals surface area contributed by atoms with Gasteiger partial charge in [0.05, 0.1) is 14.2 Å². The maximum Gasteiger partial charge on any atom is 0.189 e. The van der Waals surface area contributed by atoms with Crippen molar-refractivity contribution in [3.05, 3.63) is 48.3 Å². The van der Waals surface area contributed by atoms with E-state index in [9.17, 15) is 4.79 Å². The first-order chi connectivity index (χ1) is 12.5. The molecule has 0 bridgehead atoms. The molecule has 1 aliphatic carbocycles. The van der Waals surface area contributed by atoms with Crippen molar-refractivity contribution in [3.63, 3.8) is 0 Å². The molecule has 0 aromatic heterocycles. The number of benzene rings is 1. The maximum atomic E-state index is 12.3. The van der Waals surface area contributed by atoms with Crippen LogP contribution in [0.5, 0.6) is 11.5 Å². The number of hydrogen-bond donors (Lipinski definition) is 0. The van der Waals surface area contributed by atoms with Crippen LogP contribution in [-0.2, 0) is 20.7 Å². The average Bonchev–Trinajstić information content (AvgIpc) is 3.06. The standard InChI is InChI=1S/C21H26O5/c1-5-6-16-12-21(20(11-17(16)22)25-13-26-21)14(2)9-15-7-8-18(23-3)19(10-15)24-4/h5,7-8,10-11,14,16H,1,6,9,12-13H2,2-4H3/t14-,16+,21-/m1/s1. The van der Waals surface area contributed by atoms with Gasteiger partial charge in [0.25, 0.3) is 0 Å². The molecule has 1 fully saturated rings. The van der Waals surface area contributed by atoms with E-state index >= 15 is 0 Å². The summed E-state index contributed by atoms with van der Waals surface area (Å²) in [6, 6.07) is 5.93. The van der Waals surface area contributed by atoms with Crippen molar-refractivity contribution in [2.24, 2.45) is 11.8 Å². The molecule has 1 aromatic carbocycles. The van der Waals surface area contributed by atoms with Crippen molar-refractivity contribution in [2.75, 3.05) is 21.0 Å². The van der Waals surface area contributed by atoms with Gasteiger partial charge in [-0.15, -0.1) is 6.58 Å². The van der Waals surface area contributed by atoms with Crippen molar-refractivity contribution in [1.82, 2.24) is 0 Å². The summed E-state index contributed by atoms with van der Waals surface area (Å²) < 4.78 is 22.4. The summed E-state index contributed by atoms with van der Waals surface area (Å²) in [5, 5.41) is 0.